The highest BCUT2D eigenvalue weighted by molar-refractivity contribution is 7.99. The monoisotopic (exact) mass is 489 g/mol. The van der Waals surface area contributed by atoms with Crippen molar-refractivity contribution < 1.29 is 0 Å². The van der Waals surface area contributed by atoms with Gasteiger partial charge in [0.05, 0.1) is 5.52 Å². The summed E-state index contributed by atoms with van der Waals surface area (Å²) in [7, 11) is 0. The van der Waals surface area contributed by atoms with Crippen LogP contribution in [0.5, 0.6) is 0 Å². The van der Waals surface area contributed by atoms with E-state index in [9.17, 15) is 0 Å². The van der Waals surface area contributed by atoms with Gasteiger partial charge in [-0.3, -0.25) is 4.98 Å². The van der Waals surface area contributed by atoms with Crippen molar-refractivity contribution in [1.29, 1.82) is 0 Å². The third-order valence-electron chi connectivity index (χ3n) is 6.96. The molecule has 0 aliphatic carbocycles. The van der Waals surface area contributed by atoms with Gasteiger partial charge >= 0.3 is 0 Å². The summed E-state index contributed by atoms with van der Waals surface area (Å²) in [6.07, 6.45) is 2.06. The van der Waals surface area contributed by atoms with Gasteiger partial charge in [0.1, 0.15) is 0 Å². The molecule has 37 heavy (non-hydrogen) atoms. The molecule has 1 heterocycles. The molecule has 0 aliphatic rings. The molecule has 0 atom stereocenters. The normalized spacial score (nSPS) is 11.4. The van der Waals surface area contributed by atoms with Crippen molar-refractivity contribution in [2.75, 3.05) is 0 Å². The predicted molar refractivity (Wildman–Crippen MR) is 158 cm³/mol. The van der Waals surface area contributed by atoms with Crippen LogP contribution in [0.15, 0.2) is 149 Å². The third-order valence-corrected chi connectivity index (χ3v) is 8.09. The van der Waals surface area contributed by atoms with E-state index < -0.39 is 0 Å². The summed E-state index contributed by atoms with van der Waals surface area (Å²) in [5.41, 5.74) is 5.94. The third kappa shape index (κ3) is 3.87. The SMILES string of the molecule is c1ccc(-c2ccc(Sc3c4ccccc4c(-c4ccccc4)c4cnc5ccccc5c34)cc2)cc1. The minimum Gasteiger partial charge on any atom is -0.256 e. The molecule has 0 N–H and O–H groups in total. The van der Waals surface area contributed by atoms with Crippen molar-refractivity contribution in [2.45, 2.75) is 9.79 Å². The Labute approximate surface area is 220 Å². The Hall–Kier alpha value is -4.40. The fourth-order valence-corrected chi connectivity index (χ4v) is 6.36. The molecule has 0 spiro atoms. The quantitative estimate of drug-likeness (QED) is 0.180. The van der Waals surface area contributed by atoms with Gasteiger partial charge in [-0.25, -0.2) is 0 Å². The average molecular weight is 490 g/mol. The number of benzene rings is 6. The zero-order valence-corrected chi connectivity index (χ0v) is 21.0. The number of hydrogen-bond acceptors (Lipinski definition) is 2. The zero-order valence-electron chi connectivity index (χ0n) is 20.1. The summed E-state index contributed by atoms with van der Waals surface area (Å²) in [6.45, 7) is 0. The fourth-order valence-electron chi connectivity index (χ4n) is 5.24. The summed E-state index contributed by atoms with van der Waals surface area (Å²) in [5.74, 6) is 0. The van der Waals surface area contributed by atoms with E-state index in [1.165, 1.54) is 59.0 Å². The molecule has 6 aromatic carbocycles. The molecule has 0 aliphatic heterocycles. The Morgan fingerprint density at radius 2 is 1.00 bits per heavy atom. The van der Waals surface area contributed by atoms with Crippen LogP contribution in [0.2, 0.25) is 0 Å². The topological polar surface area (TPSA) is 12.9 Å². The summed E-state index contributed by atoms with van der Waals surface area (Å²) >= 11 is 1.84. The van der Waals surface area contributed by atoms with Gasteiger partial charge in [-0.15, -0.1) is 0 Å². The Bertz CT molecular complexity index is 1880. The summed E-state index contributed by atoms with van der Waals surface area (Å²) in [4.78, 5) is 7.38. The van der Waals surface area contributed by atoms with E-state index in [0.29, 0.717) is 0 Å². The van der Waals surface area contributed by atoms with Crippen molar-refractivity contribution in [2.24, 2.45) is 0 Å². The lowest BCUT2D eigenvalue weighted by molar-refractivity contribution is 1.43. The maximum absolute atomic E-state index is 4.89. The van der Waals surface area contributed by atoms with Crippen LogP contribution in [-0.4, -0.2) is 4.98 Å². The second-order valence-electron chi connectivity index (χ2n) is 9.17. The Balaban J connectivity index is 1.50. The first-order valence-electron chi connectivity index (χ1n) is 12.5. The highest BCUT2D eigenvalue weighted by Gasteiger charge is 2.18. The molecule has 0 bridgehead atoms. The van der Waals surface area contributed by atoms with Crippen molar-refractivity contribution in [3.63, 3.8) is 0 Å². The maximum atomic E-state index is 4.89. The van der Waals surface area contributed by atoms with Gasteiger partial charge in [0.25, 0.3) is 0 Å². The van der Waals surface area contributed by atoms with E-state index in [2.05, 4.69) is 140 Å². The number of nitrogens with zero attached hydrogens (tertiary/aromatic N) is 1. The van der Waals surface area contributed by atoms with Crippen LogP contribution in [0.4, 0.5) is 0 Å². The smallest absolute Gasteiger partial charge is 0.0708 e. The molecule has 0 saturated carbocycles. The second kappa shape index (κ2) is 9.24. The highest BCUT2D eigenvalue weighted by atomic mass is 32.2. The number of pyridine rings is 1. The lowest BCUT2D eigenvalue weighted by Crippen LogP contribution is -1.92. The molecule has 0 radical (unpaired) electrons. The minimum atomic E-state index is 1.02. The van der Waals surface area contributed by atoms with Crippen molar-refractivity contribution in [1.82, 2.24) is 4.98 Å². The van der Waals surface area contributed by atoms with Crippen LogP contribution in [0.25, 0.3) is 54.7 Å². The Morgan fingerprint density at radius 1 is 0.432 bits per heavy atom. The van der Waals surface area contributed by atoms with Gasteiger partial charge in [-0.1, -0.05) is 127 Å². The van der Waals surface area contributed by atoms with Gasteiger partial charge in [-0.2, -0.15) is 0 Å². The fraction of sp³-hybridized carbons (Fsp3) is 0. The molecule has 1 nitrogen and oxygen atoms in total. The molecular formula is C35H23NS. The van der Waals surface area contributed by atoms with Gasteiger partial charge in [0.2, 0.25) is 0 Å². The van der Waals surface area contributed by atoms with Crippen molar-refractivity contribution in [3.05, 3.63) is 140 Å². The standard InChI is InChI=1S/C35H23NS/c1-3-11-24(12-4-1)25-19-21-27(22-20-25)37-35-29-16-8-7-15-28(29)33(26-13-5-2-6-14-26)31-23-36-32-18-10-9-17-30(32)34(31)35/h1-23H. The Morgan fingerprint density at radius 3 is 1.73 bits per heavy atom. The minimum absolute atomic E-state index is 1.02. The molecule has 0 unspecified atom stereocenters. The molecule has 7 aromatic rings. The molecule has 2 heteroatoms. The second-order valence-corrected chi connectivity index (χ2v) is 10.3. The number of fused-ring (bicyclic) bond motifs is 4. The predicted octanol–water partition coefficient (Wildman–Crippen LogP) is 10.0. The molecule has 1 aromatic heterocycles. The van der Waals surface area contributed by atoms with E-state index in [1.54, 1.807) is 0 Å². The van der Waals surface area contributed by atoms with Gasteiger partial charge in [0, 0.05) is 32.1 Å². The number of para-hydroxylation sites is 1. The number of rotatable bonds is 4. The molecule has 0 fully saturated rings. The lowest BCUT2D eigenvalue weighted by atomic mass is 9.91. The molecule has 7 rings (SSSR count). The van der Waals surface area contributed by atoms with Crippen LogP contribution in [0.1, 0.15) is 0 Å². The first-order chi connectivity index (χ1) is 18.4. The zero-order chi connectivity index (χ0) is 24.6. The molecule has 0 amide bonds. The molecule has 0 saturated heterocycles. The van der Waals surface area contributed by atoms with E-state index in [4.69, 9.17) is 4.98 Å². The highest BCUT2D eigenvalue weighted by Crippen LogP contribution is 2.47. The van der Waals surface area contributed by atoms with E-state index in [1.807, 2.05) is 11.8 Å². The molecule has 174 valence electrons. The largest absolute Gasteiger partial charge is 0.256 e. The summed E-state index contributed by atoms with van der Waals surface area (Å²) in [5, 5.41) is 6.16. The van der Waals surface area contributed by atoms with E-state index >= 15 is 0 Å². The van der Waals surface area contributed by atoms with Crippen LogP contribution >= 0.6 is 11.8 Å². The van der Waals surface area contributed by atoms with Crippen LogP contribution in [-0.2, 0) is 0 Å². The first kappa shape index (κ1) is 21.8. The maximum Gasteiger partial charge on any atom is 0.0708 e. The van der Waals surface area contributed by atoms with E-state index in [-0.39, 0.29) is 0 Å². The Kier molecular flexibility index (Phi) is 5.45. The lowest BCUT2D eigenvalue weighted by Gasteiger charge is -2.18. The number of hydrogen-bond donors (Lipinski definition) is 0. The summed E-state index contributed by atoms with van der Waals surface area (Å²) < 4.78 is 0. The van der Waals surface area contributed by atoms with Gasteiger partial charge < -0.3 is 0 Å². The van der Waals surface area contributed by atoms with Crippen LogP contribution < -0.4 is 0 Å². The average Bonchev–Trinajstić information content (AvgIpc) is 2.98. The molecular weight excluding hydrogens is 466 g/mol. The number of aromatic nitrogens is 1. The van der Waals surface area contributed by atoms with Crippen LogP contribution in [0, 0.1) is 0 Å². The summed E-state index contributed by atoms with van der Waals surface area (Å²) in [6, 6.07) is 47.4. The first-order valence-corrected chi connectivity index (χ1v) is 13.3. The van der Waals surface area contributed by atoms with E-state index in [0.717, 1.165) is 5.52 Å². The van der Waals surface area contributed by atoms with Gasteiger partial charge in [-0.05, 0) is 51.2 Å². The van der Waals surface area contributed by atoms with Crippen LogP contribution in [0.3, 0.4) is 0 Å². The van der Waals surface area contributed by atoms with Crippen molar-refractivity contribution >= 4 is 44.2 Å². The van der Waals surface area contributed by atoms with Crippen molar-refractivity contribution in [3.8, 4) is 22.3 Å². The van der Waals surface area contributed by atoms with Gasteiger partial charge in [0.15, 0.2) is 0 Å².